The molecule has 0 saturated carbocycles. The molecule has 20 heavy (non-hydrogen) atoms. The molecule has 0 amide bonds. The van der Waals surface area contributed by atoms with Gasteiger partial charge in [0.05, 0.1) is 4.90 Å². The van der Waals surface area contributed by atoms with Gasteiger partial charge in [-0.25, -0.2) is 13.1 Å². The number of aryl methyl sites for hydroxylation is 1. The van der Waals surface area contributed by atoms with Gasteiger partial charge in [0, 0.05) is 12.5 Å². The van der Waals surface area contributed by atoms with E-state index in [0.717, 1.165) is 5.56 Å². The van der Waals surface area contributed by atoms with Crippen LogP contribution < -0.4 is 4.72 Å². The quantitative estimate of drug-likeness (QED) is 0.620. The van der Waals surface area contributed by atoms with Crippen molar-refractivity contribution in [1.82, 2.24) is 4.72 Å². The Kier molecular flexibility index (Phi) is 6.00. The summed E-state index contributed by atoms with van der Waals surface area (Å²) in [4.78, 5) is 0.263. The molecule has 1 N–H and O–H groups in total. The molecule has 0 fully saturated rings. The summed E-state index contributed by atoms with van der Waals surface area (Å²) in [6.07, 6.45) is 8.13. The number of rotatable bonds is 7. The summed E-state index contributed by atoms with van der Waals surface area (Å²) < 4.78 is 27.2. The second-order valence-electron chi connectivity index (χ2n) is 5.03. The highest BCUT2D eigenvalue weighted by Crippen LogP contribution is 2.15. The van der Waals surface area contributed by atoms with Crippen LogP contribution in [0.1, 0.15) is 25.3 Å². The molecule has 2 atom stereocenters. The van der Waals surface area contributed by atoms with Crippen molar-refractivity contribution in [3.63, 3.8) is 0 Å². The standard InChI is InChI=1S/C16H21NO2S/c1-5-7-14(4)12-15(6-2)17-20(18,19)16-10-8-13(3)9-11-16/h1,6,8-11,14-15,17H,2,7,12H2,3-4H3/t14?,15-/m1/s1. The van der Waals surface area contributed by atoms with Gasteiger partial charge < -0.3 is 0 Å². The zero-order valence-corrected chi connectivity index (χ0v) is 12.8. The third-order valence-corrected chi connectivity index (χ3v) is 4.55. The number of hydrogen-bond acceptors (Lipinski definition) is 2. The smallest absolute Gasteiger partial charge is 0.207 e. The summed E-state index contributed by atoms with van der Waals surface area (Å²) in [5, 5.41) is 0. The van der Waals surface area contributed by atoms with E-state index in [1.54, 1.807) is 30.3 Å². The molecular formula is C16H21NO2S. The van der Waals surface area contributed by atoms with Gasteiger partial charge in [-0.15, -0.1) is 18.9 Å². The lowest BCUT2D eigenvalue weighted by molar-refractivity contribution is 0.486. The van der Waals surface area contributed by atoms with Crippen molar-refractivity contribution in [2.24, 2.45) is 5.92 Å². The molecule has 1 aromatic carbocycles. The molecule has 0 aliphatic carbocycles. The topological polar surface area (TPSA) is 46.2 Å². The largest absolute Gasteiger partial charge is 0.241 e. The predicted molar refractivity (Wildman–Crippen MR) is 82.7 cm³/mol. The normalized spacial score (nSPS) is 14.2. The number of sulfonamides is 1. The van der Waals surface area contributed by atoms with Crippen LogP contribution >= 0.6 is 0 Å². The van der Waals surface area contributed by atoms with Crippen LogP contribution in [0.25, 0.3) is 0 Å². The molecule has 1 aromatic rings. The Morgan fingerprint density at radius 3 is 2.50 bits per heavy atom. The van der Waals surface area contributed by atoms with Gasteiger partial charge in [0.15, 0.2) is 0 Å². The molecule has 0 aromatic heterocycles. The van der Waals surface area contributed by atoms with Crippen molar-refractivity contribution in [1.29, 1.82) is 0 Å². The van der Waals surface area contributed by atoms with E-state index in [1.165, 1.54) is 0 Å². The fraction of sp³-hybridized carbons (Fsp3) is 0.375. The fourth-order valence-corrected chi connectivity index (χ4v) is 3.12. The molecule has 0 aliphatic heterocycles. The van der Waals surface area contributed by atoms with Gasteiger partial charge in [0.25, 0.3) is 0 Å². The van der Waals surface area contributed by atoms with Crippen LogP contribution in [0.4, 0.5) is 0 Å². The molecule has 0 bridgehead atoms. The van der Waals surface area contributed by atoms with Gasteiger partial charge in [-0.1, -0.05) is 30.7 Å². The zero-order valence-electron chi connectivity index (χ0n) is 12.0. The molecule has 4 heteroatoms. The number of hydrogen-bond donors (Lipinski definition) is 1. The summed E-state index contributed by atoms with van der Waals surface area (Å²) in [7, 11) is -3.52. The van der Waals surface area contributed by atoms with Crippen molar-refractivity contribution < 1.29 is 8.42 Å². The fourth-order valence-electron chi connectivity index (χ4n) is 1.90. The maximum Gasteiger partial charge on any atom is 0.241 e. The summed E-state index contributed by atoms with van der Waals surface area (Å²) >= 11 is 0. The molecule has 108 valence electrons. The minimum atomic E-state index is -3.52. The van der Waals surface area contributed by atoms with E-state index in [9.17, 15) is 8.42 Å². The van der Waals surface area contributed by atoms with E-state index in [1.807, 2.05) is 13.8 Å². The van der Waals surface area contributed by atoms with Crippen LogP contribution in [0.15, 0.2) is 41.8 Å². The van der Waals surface area contributed by atoms with Gasteiger partial charge in [0.2, 0.25) is 10.0 Å². The molecule has 1 rings (SSSR count). The highest BCUT2D eigenvalue weighted by molar-refractivity contribution is 7.89. The molecule has 1 unspecified atom stereocenters. The molecule has 0 radical (unpaired) electrons. The predicted octanol–water partition coefficient (Wildman–Crippen LogP) is 2.88. The zero-order chi connectivity index (χ0) is 15.2. The van der Waals surface area contributed by atoms with E-state index in [-0.39, 0.29) is 16.9 Å². The first-order valence-corrected chi connectivity index (χ1v) is 8.02. The minimum Gasteiger partial charge on any atom is -0.207 e. The SMILES string of the molecule is C#CCC(C)C[C@@H](C=C)NS(=O)(=O)c1ccc(C)cc1. The Hall–Kier alpha value is -1.57. The lowest BCUT2D eigenvalue weighted by Gasteiger charge is -2.18. The Bertz CT molecular complexity index is 582. The second-order valence-corrected chi connectivity index (χ2v) is 6.74. The van der Waals surface area contributed by atoms with E-state index < -0.39 is 10.0 Å². The van der Waals surface area contributed by atoms with E-state index in [4.69, 9.17) is 6.42 Å². The summed E-state index contributed by atoms with van der Waals surface area (Å²) in [6.45, 7) is 7.60. The summed E-state index contributed by atoms with van der Waals surface area (Å²) in [6, 6.07) is 6.44. The van der Waals surface area contributed by atoms with Crippen molar-refractivity contribution in [3.8, 4) is 12.3 Å². The number of terminal acetylenes is 1. The average Bonchev–Trinajstić information content (AvgIpc) is 2.38. The van der Waals surface area contributed by atoms with Crippen LogP contribution in [0, 0.1) is 25.2 Å². The lowest BCUT2D eigenvalue weighted by Crippen LogP contribution is -2.34. The van der Waals surface area contributed by atoms with Gasteiger partial charge in [-0.2, -0.15) is 0 Å². The maximum absolute atomic E-state index is 12.3. The highest BCUT2D eigenvalue weighted by atomic mass is 32.2. The van der Waals surface area contributed by atoms with E-state index in [0.29, 0.717) is 12.8 Å². The van der Waals surface area contributed by atoms with Crippen LogP contribution in [0.5, 0.6) is 0 Å². The van der Waals surface area contributed by atoms with Gasteiger partial charge in [-0.05, 0) is 31.4 Å². The molecular weight excluding hydrogens is 270 g/mol. The van der Waals surface area contributed by atoms with Crippen LogP contribution in [-0.4, -0.2) is 14.5 Å². The Morgan fingerprint density at radius 1 is 1.40 bits per heavy atom. The molecule has 0 heterocycles. The lowest BCUT2D eigenvalue weighted by atomic mass is 9.99. The average molecular weight is 291 g/mol. The molecule has 3 nitrogen and oxygen atoms in total. The third-order valence-electron chi connectivity index (χ3n) is 3.04. The number of benzene rings is 1. The second kappa shape index (κ2) is 7.28. The van der Waals surface area contributed by atoms with Gasteiger partial charge >= 0.3 is 0 Å². The van der Waals surface area contributed by atoms with Gasteiger partial charge in [0.1, 0.15) is 0 Å². The van der Waals surface area contributed by atoms with Crippen molar-refractivity contribution >= 4 is 10.0 Å². The van der Waals surface area contributed by atoms with Crippen LogP contribution in [0.2, 0.25) is 0 Å². The Balaban J connectivity index is 2.80. The van der Waals surface area contributed by atoms with Crippen molar-refractivity contribution in [2.45, 2.75) is 37.6 Å². The van der Waals surface area contributed by atoms with E-state index in [2.05, 4.69) is 17.2 Å². The van der Waals surface area contributed by atoms with Crippen molar-refractivity contribution in [3.05, 3.63) is 42.5 Å². The van der Waals surface area contributed by atoms with Crippen LogP contribution in [0.3, 0.4) is 0 Å². The Labute approximate surface area is 122 Å². The monoisotopic (exact) mass is 291 g/mol. The minimum absolute atomic E-state index is 0.240. The first-order valence-electron chi connectivity index (χ1n) is 6.54. The number of nitrogens with one attached hydrogen (secondary N) is 1. The molecule has 0 aliphatic rings. The molecule has 0 spiro atoms. The van der Waals surface area contributed by atoms with Gasteiger partial charge in [-0.3, -0.25) is 0 Å². The Morgan fingerprint density at radius 2 is 2.00 bits per heavy atom. The summed E-state index contributed by atoms with van der Waals surface area (Å²) in [5.41, 5.74) is 1.02. The molecule has 0 saturated heterocycles. The third kappa shape index (κ3) is 4.84. The summed E-state index contributed by atoms with van der Waals surface area (Å²) in [5.74, 6) is 2.83. The van der Waals surface area contributed by atoms with E-state index >= 15 is 0 Å². The maximum atomic E-state index is 12.3. The first-order chi connectivity index (χ1) is 9.39. The van der Waals surface area contributed by atoms with Crippen LogP contribution in [-0.2, 0) is 10.0 Å². The first kappa shape index (κ1) is 16.5. The highest BCUT2D eigenvalue weighted by Gasteiger charge is 2.19. The van der Waals surface area contributed by atoms with Crippen molar-refractivity contribution in [2.75, 3.05) is 0 Å².